The fraction of sp³-hybridized carbons (Fsp3) is 1.00. The molecule has 0 bridgehead atoms. The van der Waals surface area contributed by atoms with Gasteiger partial charge in [0, 0.05) is 0 Å². The maximum absolute atomic E-state index is 5.06. The molecule has 0 N–H and O–H groups in total. The lowest BCUT2D eigenvalue weighted by atomic mass is 10.1. The Morgan fingerprint density at radius 3 is 1.60 bits per heavy atom. The van der Waals surface area contributed by atoms with Crippen LogP contribution in [0, 0.1) is 0 Å². The summed E-state index contributed by atoms with van der Waals surface area (Å²) in [4.78, 5) is 10.1. The molecule has 0 heterocycles. The molecule has 0 aromatic heterocycles. The van der Waals surface area contributed by atoms with Crippen molar-refractivity contribution in [2.75, 3.05) is 13.2 Å². The lowest BCUT2D eigenvalue weighted by molar-refractivity contribution is -0.295. The van der Waals surface area contributed by atoms with Crippen LogP contribution in [0.2, 0.25) is 0 Å². The van der Waals surface area contributed by atoms with Crippen molar-refractivity contribution in [1.82, 2.24) is 0 Å². The first-order valence-corrected chi connectivity index (χ1v) is 6.66. The molecule has 2 nitrogen and oxygen atoms in total. The summed E-state index contributed by atoms with van der Waals surface area (Å²) in [5.74, 6) is 0. The van der Waals surface area contributed by atoms with Crippen LogP contribution in [0.4, 0.5) is 0 Å². The van der Waals surface area contributed by atoms with Crippen molar-refractivity contribution in [2.24, 2.45) is 0 Å². The molecule has 0 unspecified atom stereocenters. The van der Waals surface area contributed by atoms with Gasteiger partial charge in [0.2, 0.25) is 0 Å². The molecule has 15 heavy (non-hydrogen) atoms. The van der Waals surface area contributed by atoms with Crippen molar-refractivity contribution in [3.63, 3.8) is 0 Å². The van der Waals surface area contributed by atoms with Crippen molar-refractivity contribution in [1.29, 1.82) is 0 Å². The highest BCUT2D eigenvalue weighted by atomic mass is 17.2. The minimum absolute atomic E-state index is 0.743. The van der Waals surface area contributed by atoms with Gasteiger partial charge in [-0.1, -0.05) is 58.8 Å². The zero-order chi connectivity index (χ0) is 11.2. The molecule has 0 fully saturated rings. The van der Waals surface area contributed by atoms with Gasteiger partial charge in [0.1, 0.15) is 0 Å². The van der Waals surface area contributed by atoms with E-state index in [0.29, 0.717) is 0 Å². The van der Waals surface area contributed by atoms with Gasteiger partial charge in [0.15, 0.2) is 0 Å². The van der Waals surface area contributed by atoms with Crippen LogP contribution in [0.1, 0.15) is 71.6 Å². The van der Waals surface area contributed by atoms with E-state index in [1.165, 1.54) is 44.9 Å². The molecule has 0 spiro atoms. The first-order valence-electron chi connectivity index (χ1n) is 6.66. The van der Waals surface area contributed by atoms with E-state index in [2.05, 4.69) is 13.8 Å². The first-order chi connectivity index (χ1) is 7.41. The largest absolute Gasteiger partial charge is 0.237 e. The van der Waals surface area contributed by atoms with Gasteiger partial charge >= 0.3 is 0 Å². The SMILES string of the molecule is CCCCCCCCCOOCCCC. The maximum Gasteiger partial charge on any atom is 0.0822 e. The van der Waals surface area contributed by atoms with Crippen molar-refractivity contribution in [3.8, 4) is 0 Å². The molecule has 0 aliphatic rings. The Balaban J connectivity index is 2.81. The second-order valence-corrected chi connectivity index (χ2v) is 4.12. The number of unbranched alkanes of at least 4 members (excludes halogenated alkanes) is 7. The van der Waals surface area contributed by atoms with E-state index in [9.17, 15) is 0 Å². The predicted molar refractivity (Wildman–Crippen MR) is 64.8 cm³/mol. The van der Waals surface area contributed by atoms with E-state index >= 15 is 0 Å². The molecule has 0 saturated carbocycles. The summed E-state index contributed by atoms with van der Waals surface area (Å²) in [5, 5.41) is 0. The van der Waals surface area contributed by atoms with E-state index in [-0.39, 0.29) is 0 Å². The molecule has 0 amide bonds. The van der Waals surface area contributed by atoms with Crippen molar-refractivity contribution >= 4 is 0 Å². The Morgan fingerprint density at radius 1 is 0.533 bits per heavy atom. The highest BCUT2D eigenvalue weighted by molar-refractivity contribution is 4.43. The Bertz CT molecular complexity index is 92.7. The monoisotopic (exact) mass is 216 g/mol. The highest BCUT2D eigenvalue weighted by Crippen LogP contribution is 2.06. The molecular formula is C13H28O2. The number of rotatable bonds is 12. The van der Waals surface area contributed by atoms with E-state index in [4.69, 9.17) is 9.78 Å². The summed E-state index contributed by atoms with van der Waals surface area (Å²) < 4.78 is 0. The van der Waals surface area contributed by atoms with Crippen LogP contribution in [0.3, 0.4) is 0 Å². The molecule has 0 aliphatic heterocycles. The van der Waals surface area contributed by atoms with Gasteiger partial charge in [0.05, 0.1) is 13.2 Å². The predicted octanol–water partition coefficient (Wildman–Crippen LogP) is 4.49. The van der Waals surface area contributed by atoms with Crippen LogP contribution in [-0.2, 0) is 9.78 Å². The lowest BCUT2D eigenvalue weighted by Crippen LogP contribution is -1.98. The third kappa shape index (κ3) is 13.9. The third-order valence-corrected chi connectivity index (χ3v) is 2.50. The average molecular weight is 216 g/mol. The summed E-state index contributed by atoms with van der Waals surface area (Å²) in [6.07, 6.45) is 11.5. The smallest absolute Gasteiger partial charge is 0.0822 e. The standard InChI is InChI=1S/C13H28O2/c1-3-5-7-8-9-10-11-13-15-14-12-6-4-2/h3-13H2,1-2H3. The molecule has 0 saturated heterocycles. The Morgan fingerprint density at radius 2 is 1.00 bits per heavy atom. The second kappa shape index (κ2) is 13.9. The molecular weight excluding hydrogens is 188 g/mol. The summed E-state index contributed by atoms with van der Waals surface area (Å²) >= 11 is 0. The lowest BCUT2D eigenvalue weighted by Gasteiger charge is -2.03. The average Bonchev–Trinajstić information content (AvgIpc) is 2.26. The Hall–Kier alpha value is -0.0800. The van der Waals surface area contributed by atoms with Gasteiger partial charge < -0.3 is 0 Å². The van der Waals surface area contributed by atoms with Gasteiger partial charge in [-0.25, -0.2) is 9.78 Å². The quantitative estimate of drug-likeness (QED) is 0.272. The third-order valence-electron chi connectivity index (χ3n) is 2.50. The van der Waals surface area contributed by atoms with E-state index in [0.717, 1.165) is 26.1 Å². The zero-order valence-electron chi connectivity index (χ0n) is 10.6. The van der Waals surface area contributed by atoms with Crippen LogP contribution in [0.15, 0.2) is 0 Å². The van der Waals surface area contributed by atoms with E-state index < -0.39 is 0 Å². The van der Waals surface area contributed by atoms with E-state index in [1.54, 1.807) is 0 Å². The molecule has 92 valence electrons. The van der Waals surface area contributed by atoms with E-state index in [1.807, 2.05) is 0 Å². The second-order valence-electron chi connectivity index (χ2n) is 4.12. The van der Waals surface area contributed by atoms with Crippen molar-refractivity contribution in [3.05, 3.63) is 0 Å². The van der Waals surface area contributed by atoms with Gasteiger partial charge in [-0.15, -0.1) is 0 Å². The molecule has 2 heteroatoms. The van der Waals surface area contributed by atoms with Gasteiger partial charge in [-0.2, -0.15) is 0 Å². The van der Waals surface area contributed by atoms with Gasteiger partial charge in [0.25, 0.3) is 0 Å². The van der Waals surface area contributed by atoms with Gasteiger partial charge in [-0.3, -0.25) is 0 Å². The molecule has 0 radical (unpaired) electrons. The molecule has 0 rings (SSSR count). The van der Waals surface area contributed by atoms with Crippen LogP contribution in [0.5, 0.6) is 0 Å². The van der Waals surface area contributed by atoms with Gasteiger partial charge in [-0.05, 0) is 12.8 Å². The summed E-state index contributed by atoms with van der Waals surface area (Å²) in [6, 6.07) is 0. The van der Waals surface area contributed by atoms with Crippen LogP contribution in [0.25, 0.3) is 0 Å². The number of hydrogen-bond donors (Lipinski definition) is 0. The molecule has 0 aliphatic carbocycles. The summed E-state index contributed by atoms with van der Waals surface area (Å²) in [7, 11) is 0. The first kappa shape index (κ1) is 14.9. The molecule has 0 aromatic carbocycles. The summed E-state index contributed by atoms with van der Waals surface area (Å²) in [5.41, 5.74) is 0. The summed E-state index contributed by atoms with van der Waals surface area (Å²) in [6.45, 7) is 5.91. The van der Waals surface area contributed by atoms with Crippen LogP contribution in [-0.4, -0.2) is 13.2 Å². The van der Waals surface area contributed by atoms with Crippen LogP contribution < -0.4 is 0 Å². The van der Waals surface area contributed by atoms with Crippen molar-refractivity contribution < 1.29 is 9.78 Å². The minimum atomic E-state index is 0.743. The van der Waals surface area contributed by atoms with Crippen molar-refractivity contribution in [2.45, 2.75) is 71.6 Å². The normalized spacial score (nSPS) is 10.8. The Kier molecular flexibility index (Phi) is 13.8. The topological polar surface area (TPSA) is 18.5 Å². The Labute approximate surface area is 95.3 Å². The highest BCUT2D eigenvalue weighted by Gasteiger charge is 1.92. The fourth-order valence-corrected chi connectivity index (χ4v) is 1.44. The zero-order valence-corrected chi connectivity index (χ0v) is 10.6. The molecule has 0 aromatic rings. The minimum Gasteiger partial charge on any atom is -0.237 e. The fourth-order valence-electron chi connectivity index (χ4n) is 1.44. The number of hydrogen-bond acceptors (Lipinski definition) is 2. The molecule has 0 atom stereocenters. The maximum atomic E-state index is 5.06. The van der Waals surface area contributed by atoms with Crippen LogP contribution >= 0.6 is 0 Å².